The van der Waals surface area contributed by atoms with Crippen LogP contribution < -0.4 is 0 Å². The lowest BCUT2D eigenvalue weighted by molar-refractivity contribution is 0.611. The largest absolute Gasteiger partial charge is 0.0918 e. The summed E-state index contributed by atoms with van der Waals surface area (Å²) in [4.78, 5) is 0. The number of hydrogen-bond acceptors (Lipinski definition) is 0. The molecule has 0 saturated carbocycles. The van der Waals surface area contributed by atoms with Crippen LogP contribution in [0.5, 0.6) is 0 Å². The molecular formula is C22H40. The molecule has 0 bridgehead atoms. The number of hydrogen-bond donors (Lipinski definition) is 0. The van der Waals surface area contributed by atoms with Gasteiger partial charge in [-0.15, -0.1) is 0 Å². The molecule has 22 heavy (non-hydrogen) atoms. The third-order valence-corrected chi connectivity index (χ3v) is 4.11. The van der Waals surface area contributed by atoms with E-state index < -0.39 is 0 Å². The van der Waals surface area contributed by atoms with E-state index in [1.807, 2.05) is 0 Å². The first-order valence-corrected chi connectivity index (χ1v) is 9.83. The molecule has 0 aliphatic carbocycles. The fourth-order valence-electron chi connectivity index (χ4n) is 2.61. The standard InChI is InChI=1S/C22H40/c1-4-6-8-10-12-14-16-18-20-22(3)21-19-17-15-13-11-9-7-5-2/h18-21H,3-17H2,1-2H3. The van der Waals surface area contributed by atoms with Crippen molar-refractivity contribution in [1.29, 1.82) is 0 Å². The Morgan fingerprint density at radius 2 is 0.955 bits per heavy atom. The Morgan fingerprint density at radius 3 is 1.36 bits per heavy atom. The first-order valence-electron chi connectivity index (χ1n) is 9.83. The Hall–Kier alpha value is -0.780. The molecular weight excluding hydrogens is 264 g/mol. The molecule has 0 heteroatoms. The van der Waals surface area contributed by atoms with E-state index in [9.17, 15) is 0 Å². The second kappa shape index (κ2) is 18.3. The highest BCUT2D eigenvalue weighted by Gasteiger charge is 1.89. The van der Waals surface area contributed by atoms with Crippen molar-refractivity contribution in [3.05, 3.63) is 36.5 Å². The van der Waals surface area contributed by atoms with Gasteiger partial charge in [0.25, 0.3) is 0 Å². The minimum Gasteiger partial charge on any atom is -0.0918 e. The van der Waals surface area contributed by atoms with Crippen molar-refractivity contribution < 1.29 is 0 Å². The van der Waals surface area contributed by atoms with E-state index in [2.05, 4.69) is 44.7 Å². The van der Waals surface area contributed by atoms with Crippen molar-refractivity contribution in [2.24, 2.45) is 0 Å². The molecule has 0 atom stereocenters. The van der Waals surface area contributed by atoms with Crippen molar-refractivity contribution in [2.75, 3.05) is 0 Å². The van der Waals surface area contributed by atoms with Gasteiger partial charge < -0.3 is 0 Å². The van der Waals surface area contributed by atoms with E-state index in [-0.39, 0.29) is 0 Å². The maximum Gasteiger partial charge on any atom is -0.0335 e. The molecule has 0 aliphatic rings. The van der Waals surface area contributed by atoms with E-state index >= 15 is 0 Å². The van der Waals surface area contributed by atoms with Gasteiger partial charge in [0.05, 0.1) is 0 Å². The van der Waals surface area contributed by atoms with Gasteiger partial charge in [-0.25, -0.2) is 0 Å². The Morgan fingerprint density at radius 1 is 0.591 bits per heavy atom. The highest BCUT2D eigenvalue weighted by molar-refractivity contribution is 5.26. The number of unbranched alkanes of at least 4 members (excludes halogenated alkanes) is 12. The summed E-state index contributed by atoms with van der Waals surface area (Å²) in [7, 11) is 0. The molecule has 0 fully saturated rings. The predicted molar refractivity (Wildman–Crippen MR) is 103 cm³/mol. The quantitative estimate of drug-likeness (QED) is 0.199. The summed E-state index contributed by atoms with van der Waals surface area (Å²) < 4.78 is 0. The van der Waals surface area contributed by atoms with Crippen molar-refractivity contribution in [3.63, 3.8) is 0 Å². The molecule has 0 radical (unpaired) electrons. The zero-order valence-electron chi connectivity index (χ0n) is 15.4. The van der Waals surface area contributed by atoms with Gasteiger partial charge in [0.15, 0.2) is 0 Å². The summed E-state index contributed by atoms with van der Waals surface area (Å²) in [5, 5.41) is 0. The SMILES string of the molecule is C=C(C=CCCCCCCCC)C=CCCCCCCCC. The van der Waals surface area contributed by atoms with E-state index in [1.165, 1.54) is 89.9 Å². The summed E-state index contributed by atoms with van der Waals surface area (Å²) in [5.41, 5.74) is 1.15. The highest BCUT2D eigenvalue weighted by atomic mass is 14.0. The van der Waals surface area contributed by atoms with Gasteiger partial charge in [-0.3, -0.25) is 0 Å². The van der Waals surface area contributed by atoms with Gasteiger partial charge in [-0.1, -0.05) is 109 Å². The van der Waals surface area contributed by atoms with Crippen molar-refractivity contribution in [3.8, 4) is 0 Å². The third kappa shape index (κ3) is 17.3. The van der Waals surface area contributed by atoms with Crippen LogP contribution in [0.15, 0.2) is 36.5 Å². The van der Waals surface area contributed by atoms with Gasteiger partial charge in [0.2, 0.25) is 0 Å². The Kier molecular flexibility index (Phi) is 17.6. The van der Waals surface area contributed by atoms with Gasteiger partial charge in [-0.05, 0) is 31.3 Å². The van der Waals surface area contributed by atoms with Crippen LogP contribution in [0.2, 0.25) is 0 Å². The van der Waals surface area contributed by atoms with Gasteiger partial charge >= 0.3 is 0 Å². The second-order valence-electron chi connectivity index (χ2n) is 6.49. The van der Waals surface area contributed by atoms with Crippen LogP contribution >= 0.6 is 0 Å². The molecule has 0 rings (SSSR count). The zero-order chi connectivity index (χ0) is 16.3. The van der Waals surface area contributed by atoms with Crippen LogP contribution in [0.25, 0.3) is 0 Å². The molecule has 128 valence electrons. The minimum atomic E-state index is 1.15. The van der Waals surface area contributed by atoms with Gasteiger partial charge in [0, 0.05) is 0 Å². The fraction of sp³-hybridized carbons (Fsp3) is 0.727. The smallest absolute Gasteiger partial charge is 0.0335 e. The normalized spacial score (nSPS) is 11.7. The Labute approximate surface area is 140 Å². The molecule has 0 saturated heterocycles. The maximum absolute atomic E-state index is 4.10. The van der Waals surface area contributed by atoms with E-state index in [1.54, 1.807) is 0 Å². The monoisotopic (exact) mass is 304 g/mol. The van der Waals surface area contributed by atoms with Crippen molar-refractivity contribution >= 4 is 0 Å². The zero-order valence-corrected chi connectivity index (χ0v) is 15.4. The minimum absolute atomic E-state index is 1.15. The molecule has 0 aromatic carbocycles. The fourth-order valence-corrected chi connectivity index (χ4v) is 2.61. The molecule has 0 amide bonds. The van der Waals surface area contributed by atoms with E-state index in [0.29, 0.717) is 0 Å². The lowest BCUT2D eigenvalue weighted by Crippen LogP contribution is -1.78. The Balaban J connectivity index is 3.39. The maximum atomic E-state index is 4.10. The highest BCUT2D eigenvalue weighted by Crippen LogP contribution is 2.09. The van der Waals surface area contributed by atoms with Crippen LogP contribution in [0.1, 0.15) is 104 Å². The lowest BCUT2D eigenvalue weighted by Gasteiger charge is -1.98. The molecule has 0 aromatic rings. The molecule has 0 N–H and O–H groups in total. The van der Waals surface area contributed by atoms with Crippen LogP contribution in [-0.4, -0.2) is 0 Å². The van der Waals surface area contributed by atoms with Crippen molar-refractivity contribution in [1.82, 2.24) is 0 Å². The van der Waals surface area contributed by atoms with Crippen LogP contribution in [0.4, 0.5) is 0 Å². The van der Waals surface area contributed by atoms with Crippen LogP contribution in [0, 0.1) is 0 Å². The Bertz CT molecular complexity index is 254. The summed E-state index contributed by atoms with van der Waals surface area (Å²) in [5.74, 6) is 0. The summed E-state index contributed by atoms with van der Waals surface area (Å²) in [6, 6.07) is 0. The third-order valence-electron chi connectivity index (χ3n) is 4.11. The molecule has 0 aliphatic heterocycles. The van der Waals surface area contributed by atoms with Crippen molar-refractivity contribution in [2.45, 2.75) is 104 Å². The van der Waals surface area contributed by atoms with E-state index in [0.717, 1.165) is 5.57 Å². The second-order valence-corrected chi connectivity index (χ2v) is 6.49. The average Bonchev–Trinajstić information content (AvgIpc) is 2.52. The topological polar surface area (TPSA) is 0 Å². The van der Waals surface area contributed by atoms with Gasteiger partial charge in [-0.2, -0.15) is 0 Å². The van der Waals surface area contributed by atoms with Gasteiger partial charge in [0.1, 0.15) is 0 Å². The molecule has 0 heterocycles. The molecule has 0 unspecified atom stereocenters. The van der Waals surface area contributed by atoms with Crippen LogP contribution in [0.3, 0.4) is 0 Å². The number of rotatable bonds is 16. The number of allylic oxidation sites excluding steroid dienone is 5. The first-order chi connectivity index (χ1) is 10.8. The molecule has 0 nitrogen and oxygen atoms in total. The summed E-state index contributed by atoms with van der Waals surface area (Å²) >= 11 is 0. The average molecular weight is 305 g/mol. The molecule has 0 spiro atoms. The predicted octanol–water partition coefficient (Wildman–Crippen LogP) is 8.16. The molecule has 0 aromatic heterocycles. The summed E-state index contributed by atoms with van der Waals surface area (Å²) in [6.45, 7) is 8.64. The van der Waals surface area contributed by atoms with Crippen LogP contribution in [-0.2, 0) is 0 Å². The lowest BCUT2D eigenvalue weighted by atomic mass is 10.1. The first kappa shape index (κ1) is 21.2. The summed E-state index contributed by atoms with van der Waals surface area (Å²) in [6.07, 6.45) is 27.9. The van der Waals surface area contributed by atoms with E-state index in [4.69, 9.17) is 0 Å².